The van der Waals surface area contributed by atoms with E-state index < -0.39 is 35.9 Å². The molecule has 0 aliphatic carbocycles. The lowest BCUT2D eigenvalue weighted by molar-refractivity contribution is -0.266. The van der Waals surface area contributed by atoms with E-state index in [2.05, 4.69) is 14.9 Å². The van der Waals surface area contributed by atoms with Crippen molar-refractivity contribution in [3.05, 3.63) is 59.2 Å². The Balaban J connectivity index is 1.64. The summed E-state index contributed by atoms with van der Waals surface area (Å²) >= 11 is 0. The van der Waals surface area contributed by atoms with Crippen molar-refractivity contribution >= 4 is 16.7 Å². The Morgan fingerprint density at radius 2 is 1.79 bits per heavy atom. The van der Waals surface area contributed by atoms with Gasteiger partial charge in [-0.3, -0.25) is 4.98 Å². The fourth-order valence-corrected chi connectivity index (χ4v) is 4.99. The Kier molecular flexibility index (Phi) is 5.93. The smallest absolute Gasteiger partial charge is 0.380 e. The summed E-state index contributed by atoms with van der Waals surface area (Å²) < 4.78 is 56.4. The van der Waals surface area contributed by atoms with E-state index in [4.69, 9.17) is 0 Å². The molecule has 1 aliphatic rings. The third-order valence-corrected chi connectivity index (χ3v) is 6.66. The predicted octanol–water partition coefficient (Wildman–Crippen LogP) is 5.81. The van der Waals surface area contributed by atoms with E-state index in [0.717, 1.165) is 37.1 Å². The van der Waals surface area contributed by atoms with Gasteiger partial charge < -0.3 is 15.0 Å². The lowest BCUT2D eigenvalue weighted by atomic mass is 9.72. The summed E-state index contributed by atoms with van der Waals surface area (Å²) in [5, 5.41) is 11.7. The molecule has 0 spiro atoms. The van der Waals surface area contributed by atoms with Crippen LogP contribution in [0.4, 0.5) is 23.4 Å². The third-order valence-electron chi connectivity index (χ3n) is 6.66. The maximum Gasteiger partial charge on any atom is 0.417 e. The number of hydrogen-bond donors (Lipinski definition) is 2. The summed E-state index contributed by atoms with van der Waals surface area (Å²) in [7, 11) is 0. The van der Waals surface area contributed by atoms with E-state index in [1.165, 1.54) is 18.2 Å². The van der Waals surface area contributed by atoms with Crippen molar-refractivity contribution in [2.75, 3.05) is 18.0 Å². The van der Waals surface area contributed by atoms with E-state index in [1.54, 1.807) is 33.0 Å². The molecule has 1 atom stereocenters. The number of anilines is 1. The quantitative estimate of drug-likeness (QED) is 0.454. The molecule has 2 N–H and O–H groups in total. The summed E-state index contributed by atoms with van der Waals surface area (Å²) in [5.74, 6) is 0.405. The molecular formula is C25H29F4N3O. The number of halogens is 4. The number of aromatic nitrogens is 2. The van der Waals surface area contributed by atoms with Gasteiger partial charge in [0.1, 0.15) is 11.6 Å². The van der Waals surface area contributed by atoms with Crippen LogP contribution in [-0.2, 0) is 11.8 Å². The van der Waals surface area contributed by atoms with Gasteiger partial charge in [0.05, 0.1) is 5.52 Å². The minimum Gasteiger partial charge on any atom is -0.380 e. The number of H-pyrrole nitrogens is 1. The Labute approximate surface area is 190 Å². The van der Waals surface area contributed by atoms with Crippen LogP contribution in [-0.4, -0.2) is 39.9 Å². The Hall–Kier alpha value is -2.61. The molecule has 2 aromatic heterocycles. The molecule has 8 heteroatoms. The molecule has 0 radical (unpaired) electrons. The molecule has 4 rings (SSSR count). The second-order valence-electron chi connectivity index (χ2n) is 9.84. The molecule has 1 aliphatic heterocycles. The third kappa shape index (κ3) is 4.71. The maximum atomic E-state index is 14.2. The van der Waals surface area contributed by atoms with E-state index in [1.807, 2.05) is 6.07 Å². The number of rotatable bonds is 6. The average Bonchev–Trinajstić information content (AvgIpc) is 3.37. The zero-order chi connectivity index (χ0) is 24.0. The van der Waals surface area contributed by atoms with Gasteiger partial charge in [-0.05, 0) is 67.0 Å². The summed E-state index contributed by atoms with van der Waals surface area (Å²) in [6, 6.07) is 7.58. The van der Waals surface area contributed by atoms with Crippen molar-refractivity contribution in [1.29, 1.82) is 0 Å². The predicted molar refractivity (Wildman–Crippen MR) is 121 cm³/mol. The molecule has 3 heterocycles. The number of nitrogens with zero attached hydrogens (tertiary/aromatic N) is 2. The molecule has 0 bridgehead atoms. The highest BCUT2D eigenvalue weighted by Crippen LogP contribution is 2.43. The SMILES string of the molecule is Cc1ccc(F)cc1C(C)(C)CC(O)(Cc1cc2[nH]c(N3CCCC3)cc2cn1)C(F)(F)F. The van der Waals surface area contributed by atoms with Crippen LogP contribution in [0.1, 0.15) is 49.9 Å². The Bertz CT molecular complexity index is 1150. The first kappa shape index (κ1) is 23.5. The van der Waals surface area contributed by atoms with Crippen molar-refractivity contribution in [2.24, 2.45) is 0 Å². The van der Waals surface area contributed by atoms with Crippen LogP contribution in [0.25, 0.3) is 10.9 Å². The van der Waals surface area contributed by atoms with Crippen molar-refractivity contribution in [3.63, 3.8) is 0 Å². The Morgan fingerprint density at radius 1 is 1.09 bits per heavy atom. The zero-order valence-corrected chi connectivity index (χ0v) is 19.1. The van der Waals surface area contributed by atoms with Gasteiger partial charge in [-0.1, -0.05) is 19.9 Å². The largest absolute Gasteiger partial charge is 0.417 e. The van der Waals surface area contributed by atoms with Gasteiger partial charge in [-0.25, -0.2) is 4.39 Å². The van der Waals surface area contributed by atoms with E-state index in [-0.39, 0.29) is 5.69 Å². The first-order chi connectivity index (χ1) is 15.4. The van der Waals surface area contributed by atoms with Gasteiger partial charge in [0.15, 0.2) is 5.60 Å². The van der Waals surface area contributed by atoms with Crippen molar-refractivity contribution in [1.82, 2.24) is 9.97 Å². The number of aliphatic hydroxyl groups is 1. The van der Waals surface area contributed by atoms with Gasteiger partial charge in [0, 0.05) is 36.8 Å². The first-order valence-electron chi connectivity index (χ1n) is 11.2. The molecule has 1 aromatic carbocycles. The fraction of sp³-hybridized carbons (Fsp3) is 0.480. The highest BCUT2D eigenvalue weighted by atomic mass is 19.4. The van der Waals surface area contributed by atoms with Crippen molar-refractivity contribution < 1.29 is 22.7 Å². The average molecular weight is 464 g/mol. The number of pyridine rings is 1. The first-order valence-corrected chi connectivity index (χ1v) is 11.2. The van der Waals surface area contributed by atoms with E-state index in [9.17, 15) is 22.7 Å². The van der Waals surface area contributed by atoms with E-state index in [0.29, 0.717) is 16.6 Å². The molecule has 1 unspecified atom stereocenters. The number of benzene rings is 1. The fourth-order valence-electron chi connectivity index (χ4n) is 4.99. The summed E-state index contributed by atoms with van der Waals surface area (Å²) in [4.78, 5) is 9.70. The van der Waals surface area contributed by atoms with Gasteiger partial charge >= 0.3 is 6.18 Å². The van der Waals surface area contributed by atoms with Gasteiger partial charge in [0.2, 0.25) is 0 Å². The van der Waals surface area contributed by atoms with Crippen LogP contribution in [0.15, 0.2) is 36.5 Å². The van der Waals surface area contributed by atoms with Crippen LogP contribution in [0.3, 0.4) is 0 Å². The number of nitrogens with one attached hydrogen (secondary N) is 1. The minimum absolute atomic E-state index is 0.143. The minimum atomic E-state index is -4.89. The molecule has 33 heavy (non-hydrogen) atoms. The highest BCUT2D eigenvalue weighted by Gasteiger charge is 2.56. The molecule has 0 saturated carbocycles. The topological polar surface area (TPSA) is 52.1 Å². The zero-order valence-electron chi connectivity index (χ0n) is 19.1. The monoisotopic (exact) mass is 463 g/mol. The molecular weight excluding hydrogens is 434 g/mol. The highest BCUT2D eigenvalue weighted by molar-refractivity contribution is 5.83. The molecule has 0 amide bonds. The van der Waals surface area contributed by atoms with Gasteiger partial charge in [-0.2, -0.15) is 13.2 Å². The van der Waals surface area contributed by atoms with Crippen LogP contribution < -0.4 is 4.90 Å². The number of fused-ring (bicyclic) bond motifs is 1. The lowest BCUT2D eigenvalue weighted by Crippen LogP contribution is -2.51. The normalized spacial score (nSPS) is 17.0. The van der Waals surface area contributed by atoms with Crippen LogP contribution in [0.2, 0.25) is 0 Å². The standard InChI is InChI=1S/C25H29F4N3O/c1-16-6-7-18(26)11-20(16)23(2,3)15-24(33,25(27,28)29)13-19-12-21-17(14-30-19)10-22(31-21)32-8-4-5-9-32/h6-7,10-12,14,31,33H,4-5,8-9,13,15H2,1-3H3. The van der Waals surface area contributed by atoms with Crippen molar-refractivity contribution in [3.8, 4) is 0 Å². The Morgan fingerprint density at radius 3 is 2.45 bits per heavy atom. The molecule has 3 aromatic rings. The maximum absolute atomic E-state index is 14.2. The number of alkyl halides is 3. The lowest BCUT2D eigenvalue weighted by Gasteiger charge is -2.38. The second kappa shape index (κ2) is 8.31. The second-order valence-corrected chi connectivity index (χ2v) is 9.84. The summed E-state index contributed by atoms with van der Waals surface area (Å²) in [6.07, 6.45) is -2.45. The van der Waals surface area contributed by atoms with Crippen LogP contribution in [0.5, 0.6) is 0 Å². The van der Waals surface area contributed by atoms with Gasteiger partial charge in [0.25, 0.3) is 0 Å². The molecule has 1 saturated heterocycles. The molecule has 178 valence electrons. The van der Waals surface area contributed by atoms with Gasteiger partial charge in [-0.15, -0.1) is 0 Å². The summed E-state index contributed by atoms with van der Waals surface area (Å²) in [6.45, 7) is 6.79. The number of hydrogen-bond acceptors (Lipinski definition) is 3. The van der Waals surface area contributed by atoms with E-state index >= 15 is 0 Å². The summed E-state index contributed by atoms with van der Waals surface area (Å²) in [5.41, 5.74) is -2.22. The number of aromatic amines is 1. The van der Waals surface area contributed by atoms with Crippen LogP contribution in [0, 0.1) is 12.7 Å². The number of aryl methyl sites for hydroxylation is 1. The van der Waals surface area contributed by atoms with Crippen molar-refractivity contribution in [2.45, 2.75) is 63.6 Å². The molecule has 4 nitrogen and oxygen atoms in total. The van der Waals surface area contributed by atoms with Crippen LogP contribution >= 0.6 is 0 Å². The molecule has 1 fully saturated rings.